The Morgan fingerprint density at radius 2 is 2.11 bits per heavy atom. The monoisotopic (exact) mass is 244 g/mol. The van der Waals surface area contributed by atoms with Gasteiger partial charge in [-0.25, -0.2) is 0 Å². The first kappa shape index (κ1) is 12.7. The third kappa shape index (κ3) is 2.55. The molecular formula is C15H20N2O. The van der Waals surface area contributed by atoms with Crippen LogP contribution in [0.2, 0.25) is 0 Å². The Bertz CT molecular complexity index is 460. The Morgan fingerprint density at radius 1 is 1.44 bits per heavy atom. The van der Waals surface area contributed by atoms with Crippen LogP contribution in [0.15, 0.2) is 30.9 Å². The first-order valence-corrected chi connectivity index (χ1v) is 6.39. The molecule has 0 unspecified atom stereocenters. The summed E-state index contributed by atoms with van der Waals surface area (Å²) in [5.41, 5.74) is 8.11. The molecule has 1 aliphatic heterocycles. The van der Waals surface area contributed by atoms with Crippen LogP contribution >= 0.6 is 0 Å². The molecule has 0 aromatic heterocycles. The van der Waals surface area contributed by atoms with E-state index in [0.717, 1.165) is 37.1 Å². The molecule has 1 heterocycles. The van der Waals surface area contributed by atoms with Crippen LogP contribution in [0.4, 0.5) is 5.69 Å². The number of carbonyl (C=O) groups is 1. The highest BCUT2D eigenvalue weighted by Gasteiger charge is 2.23. The van der Waals surface area contributed by atoms with Crippen molar-refractivity contribution in [3.63, 3.8) is 0 Å². The largest absolute Gasteiger partial charge is 0.399 e. The maximum absolute atomic E-state index is 12.4. The number of likely N-dealkylation sites (tertiary alicyclic amines) is 1. The predicted molar refractivity (Wildman–Crippen MR) is 74.4 cm³/mol. The number of anilines is 1. The number of hydrogen-bond donors (Lipinski definition) is 1. The summed E-state index contributed by atoms with van der Waals surface area (Å²) in [5, 5.41) is 0. The molecule has 1 aliphatic rings. The first-order chi connectivity index (χ1) is 8.61. The van der Waals surface area contributed by atoms with Gasteiger partial charge in [0.05, 0.1) is 0 Å². The van der Waals surface area contributed by atoms with E-state index in [9.17, 15) is 4.79 Å². The molecule has 0 aliphatic carbocycles. The van der Waals surface area contributed by atoms with Gasteiger partial charge in [0.25, 0.3) is 5.91 Å². The van der Waals surface area contributed by atoms with Gasteiger partial charge in [-0.1, -0.05) is 12.1 Å². The fraction of sp³-hybridized carbons (Fsp3) is 0.400. The summed E-state index contributed by atoms with van der Waals surface area (Å²) in [6, 6.07) is 5.51. The van der Waals surface area contributed by atoms with Crippen molar-refractivity contribution < 1.29 is 4.79 Å². The van der Waals surface area contributed by atoms with Crippen LogP contribution < -0.4 is 5.73 Å². The number of nitrogen functional groups attached to an aromatic ring is 1. The summed E-state index contributed by atoms with van der Waals surface area (Å²) in [5.74, 6) is 0.651. The van der Waals surface area contributed by atoms with Gasteiger partial charge in [-0.05, 0) is 43.4 Å². The molecule has 1 amide bonds. The smallest absolute Gasteiger partial charge is 0.254 e. The van der Waals surface area contributed by atoms with Crippen molar-refractivity contribution in [2.24, 2.45) is 5.92 Å². The van der Waals surface area contributed by atoms with E-state index in [2.05, 4.69) is 6.58 Å². The highest BCUT2D eigenvalue weighted by molar-refractivity contribution is 5.96. The van der Waals surface area contributed by atoms with E-state index in [4.69, 9.17) is 5.73 Å². The molecule has 18 heavy (non-hydrogen) atoms. The number of allylic oxidation sites excluding steroid dienone is 1. The van der Waals surface area contributed by atoms with E-state index < -0.39 is 0 Å². The number of amides is 1. The third-order valence-electron chi connectivity index (χ3n) is 3.65. The second-order valence-electron chi connectivity index (χ2n) is 4.94. The minimum absolute atomic E-state index is 0.0994. The number of benzene rings is 1. The van der Waals surface area contributed by atoms with Crippen LogP contribution in [0.3, 0.4) is 0 Å². The summed E-state index contributed by atoms with van der Waals surface area (Å²) >= 11 is 0. The molecule has 3 heteroatoms. The minimum Gasteiger partial charge on any atom is -0.399 e. The highest BCUT2D eigenvalue weighted by Crippen LogP contribution is 2.21. The molecule has 0 spiro atoms. The molecule has 2 rings (SSSR count). The number of aryl methyl sites for hydroxylation is 1. The summed E-state index contributed by atoms with van der Waals surface area (Å²) in [6.45, 7) is 7.38. The Balaban J connectivity index is 2.12. The Morgan fingerprint density at radius 3 is 2.72 bits per heavy atom. The molecule has 96 valence electrons. The van der Waals surface area contributed by atoms with Gasteiger partial charge in [-0.2, -0.15) is 0 Å². The second kappa shape index (κ2) is 5.25. The van der Waals surface area contributed by atoms with Crippen LogP contribution in [0, 0.1) is 12.8 Å². The molecule has 1 fully saturated rings. The maximum Gasteiger partial charge on any atom is 0.254 e. The fourth-order valence-electron chi connectivity index (χ4n) is 2.38. The summed E-state index contributed by atoms with van der Waals surface area (Å²) in [6.07, 6.45) is 4.01. The van der Waals surface area contributed by atoms with Crippen molar-refractivity contribution in [1.29, 1.82) is 0 Å². The molecule has 2 N–H and O–H groups in total. The Labute approximate surface area is 108 Å². The lowest BCUT2D eigenvalue weighted by atomic mass is 9.96. The van der Waals surface area contributed by atoms with Gasteiger partial charge in [0.15, 0.2) is 0 Å². The van der Waals surface area contributed by atoms with E-state index in [1.54, 1.807) is 6.07 Å². The average molecular weight is 244 g/mol. The van der Waals surface area contributed by atoms with Gasteiger partial charge < -0.3 is 10.6 Å². The van der Waals surface area contributed by atoms with Crippen molar-refractivity contribution in [2.45, 2.75) is 19.8 Å². The molecule has 0 radical (unpaired) electrons. The number of piperidine rings is 1. The average Bonchev–Trinajstić information content (AvgIpc) is 2.41. The fourth-order valence-corrected chi connectivity index (χ4v) is 2.38. The Kier molecular flexibility index (Phi) is 3.70. The zero-order valence-electron chi connectivity index (χ0n) is 10.9. The summed E-state index contributed by atoms with van der Waals surface area (Å²) in [7, 11) is 0. The van der Waals surface area contributed by atoms with Gasteiger partial charge in [0, 0.05) is 24.3 Å². The van der Waals surface area contributed by atoms with Crippen LogP contribution in [-0.4, -0.2) is 23.9 Å². The molecule has 3 nitrogen and oxygen atoms in total. The molecule has 1 aromatic rings. The van der Waals surface area contributed by atoms with Gasteiger partial charge in [0.1, 0.15) is 0 Å². The first-order valence-electron chi connectivity index (χ1n) is 6.39. The van der Waals surface area contributed by atoms with E-state index >= 15 is 0 Å². The molecule has 0 atom stereocenters. The van der Waals surface area contributed by atoms with Crippen LogP contribution in [-0.2, 0) is 0 Å². The SMILES string of the molecule is C=CC1CCN(C(=O)c2cc(N)ccc2C)CC1. The van der Waals surface area contributed by atoms with Gasteiger partial charge in [-0.3, -0.25) is 4.79 Å². The number of nitrogens with two attached hydrogens (primary N) is 1. The summed E-state index contributed by atoms with van der Waals surface area (Å²) in [4.78, 5) is 14.3. The summed E-state index contributed by atoms with van der Waals surface area (Å²) < 4.78 is 0. The van der Waals surface area contributed by atoms with Crippen molar-refractivity contribution in [1.82, 2.24) is 4.90 Å². The quantitative estimate of drug-likeness (QED) is 0.642. The predicted octanol–water partition coefficient (Wildman–Crippen LogP) is 2.62. The van der Waals surface area contributed by atoms with E-state index in [0.29, 0.717) is 11.6 Å². The molecule has 0 bridgehead atoms. The topological polar surface area (TPSA) is 46.3 Å². The van der Waals surface area contributed by atoms with E-state index in [1.165, 1.54) is 0 Å². The lowest BCUT2D eigenvalue weighted by Gasteiger charge is -2.31. The molecule has 1 aromatic carbocycles. The molecular weight excluding hydrogens is 224 g/mol. The molecule has 0 saturated carbocycles. The van der Waals surface area contributed by atoms with Crippen molar-refractivity contribution in [3.05, 3.63) is 42.0 Å². The van der Waals surface area contributed by atoms with Crippen molar-refractivity contribution in [3.8, 4) is 0 Å². The van der Waals surface area contributed by atoms with Gasteiger partial charge >= 0.3 is 0 Å². The number of rotatable bonds is 2. The second-order valence-corrected chi connectivity index (χ2v) is 4.94. The van der Waals surface area contributed by atoms with E-state index in [-0.39, 0.29) is 5.91 Å². The van der Waals surface area contributed by atoms with Crippen LogP contribution in [0.25, 0.3) is 0 Å². The third-order valence-corrected chi connectivity index (χ3v) is 3.65. The normalized spacial score (nSPS) is 16.6. The lowest BCUT2D eigenvalue weighted by Crippen LogP contribution is -2.38. The van der Waals surface area contributed by atoms with Crippen molar-refractivity contribution in [2.75, 3.05) is 18.8 Å². The maximum atomic E-state index is 12.4. The minimum atomic E-state index is 0.0994. The Hall–Kier alpha value is -1.77. The standard InChI is InChI=1S/C15H20N2O/c1-3-12-6-8-17(9-7-12)15(18)14-10-13(16)5-4-11(14)2/h3-5,10,12H,1,6-9,16H2,2H3. The lowest BCUT2D eigenvalue weighted by molar-refractivity contribution is 0.0705. The molecule has 1 saturated heterocycles. The van der Waals surface area contributed by atoms with Gasteiger partial charge in [0.2, 0.25) is 0 Å². The van der Waals surface area contributed by atoms with E-state index in [1.807, 2.05) is 30.0 Å². The number of carbonyl (C=O) groups excluding carboxylic acids is 1. The van der Waals surface area contributed by atoms with Gasteiger partial charge in [-0.15, -0.1) is 6.58 Å². The van der Waals surface area contributed by atoms with Crippen LogP contribution in [0.5, 0.6) is 0 Å². The van der Waals surface area contributed by atoms with Crippen LogP contribution in [0.1, 0.15) is 28.8 Å². The highest BCUT2D eigenvalue weighted by atomic mass is 16.2. The number of hydrogen-bond acceptors (Lipinski definition) is 2. The number of nitrogens with zero attached hydrogens (tertiary/aromatic N) is 1. The van der Waals surface area contributed by atoms with Crippen molar-refractivity contribution >= 4 is 11.6 Å². The zero-order valence-corrected chi connectivity index (χ0v) is 10.9. The zero-order chi connectivity index (χ0) is 13.1.